The number of benzene rings is 1. The number of hydrogen-bond acceptors (Lipinski definition) is 3. The molecule has 0 radical (unpaired) electrons. The summed E-state index contributed by atoms with van der Waals surface area (Å²) in [6.45, 7) is 0. The highest BCUT2D eigenvalue weighted by Gasteiger charge is 2.15. The molecule has 0 N–H and O–H groups in total. The second-order valence-corrected chi connectivity index (χ2v) is 3.45. The predicted molar refractivity (Wildman–Crippen MR) is 56.6 cm³/mol. The van der Waals surface area contributed by atoms with Crippen LogP contribution >= 0.6 is 0 Å². The molecule has 3 nitrogen and oxygen atoms in total. The Labute approximate surface area is 97.4 Å². The number of esters is 1. The van der Waals surface area contributed by atoms with E-state index in [1.807, 2.05) is 0 Å². The first-order valence-electron chi connectivity index (χ1n) is 5.10. The Kier molecular flexibility index (Phi) is 4.75. The minimum absolute atomic E-state index is 0.0184. The number of methoxy groups -OCH3 is 1. The van der Waals surface area contributed by atoms with Gasteiger partial charge in [-0.15, -0.1) is 0 Å². The van der Waals surface area contributed by atoms with Crippen LogP contribution in [0.4, 0.5) is 8.78 Å². The quantitative estimate of drug-likeness (QED) is 0.588. The molecule has 0 aliphatic heterocycles. The Hall–Kier alpha value is -1.78. The van der Waals surface area contributed by atoms with Crippen LogP contribution in [0.2, 0.25) is 0 Å². The normalized spacial score (nSPS) is 10.1. The van der Waals surface area contributed by atoms with Crippen molar-refractivity contribution in [3.05, 3.63) is 35.4 Å². The maximum absolute atomic E-state index is 13.2. The van der Waals surface area contributed by atoms with E-state index in [2.05, 4.69) is 4.74 Å². The van der Waals surface area contributed by atoms with Gasteiger partial charge in [-0.2, -0.15) is 0 Å². The van der Waals surface area contributed by atoms with E-state index < -0.39 is 23.4 Å². The third kappa shape index (κ3) is 3.62. The first kappa shape index (κ1) is 13.3. The summed E-state index contributed by atoms with van der Waals surface area (Å²) in [7, 11) is 1.25. The molecule has 0 heterocycles. The molecule has 0 amide bonds. The van der Waals surface area contributed by atoms with E-state index in [9.17, 15) is 18.4 Å². The van der Waals surface area contributed by atoms with E-state index >= 15 is 0 Å². The molecule has 0 bridgehead atoms. The Balaban J connectivity index is 2.59. The fourth-order valence-electron chi connectivity index (χ4n) is 1.35. The minimum Gasteiger partial charge on any atom is -0.469 e. The summed E-state index contributed by atoms with van der Waals surface area (Å²) in [6, 6.07) is 3.44. The maximum atomic E-state index is 13.2. The fraction of sp³-hybridized carbons (Fsp3) is 0.333. The number of carbonyl (C=O) groups excluding carboxylic acids is 2. The lowest BCUT2D eigenvalue weighted by molar-refractivity contribution is -0.140. The summed E-state index contributed by atoms with van der Waals surface area (Å²) in [5.41, 5.74) is -0.283. The molecule has 5 heteroatoms. The van der Waals surface area contributed by atoms with Crippen LogP contribution in [0.1, 0.15) is 29.6 Å². The predicted octanol–water partition coefficient (Wildman–Crippen LogP) is 2.49. The third-order valence-corrected chi connectivity index (χ3v) is 2.26. The van der Waals surface area contributed by atoms with Crippen molar-refractivity contribution in [1.29, 1.82) is 0 Å². The molecule has 0 unspecified atom stereocenters. The minimum atomic E-state index is -1.14. The zero-order valence-corrected chi connectivity index (χ0v) is 9.33. The summed E-state index contributed by atoms with van der Waals surface area (Å²) in [6.07, 6.45) is 0.316. The summed E-state index contributed by atoms with van der Waals surface area (Å²) in [5.74, 6) is -3.15. The van der Waals surface area contributed by atoms with Crippen LogP contribution in [-0.2, 0) is 9.53 Å². The SMILES string of the molecule is COC(=O)CCCC(=O)c1cccc(F)c1F. The molecule has 92 valence electrons. The molecule has 0 saturated carbocycles. The van der Waals surface area contributed by atoms with E-state index in [-0.39, 0.29) is 24.8 Å². The van der Waals surface area contributed by atoms with Crippen molar-refractivity contribution in [2.75, 3.05) is 7.11 Å². The molecule has 0 spiro atoms. The van der Waals surface area contributed by atoms with Gasteiger partial charge in [-0.05, 0) is 18.6 Å². The van der Waals surface area contributed by atoms with Crippen molar-refractivity contribution in [2.45, 2.75) is 19.3 Å². The monoisotopic (exact) mass is 242 g/mol. The molecule has 1 aromatic carbocycles. The van der Waals surface area contributed by atoms with Gasteiger partial charge in [0.1, 0.15) is 0 Å². The molecule has 1 aromatic rings. The number of hydrogen-bond donors (Lipinski definition) is 0. The van der Waals surface area contributed by atoms with Crippen LogP contribution in [0.15, 0.2) is 18.2 Å². The van der Waals surface area contributed by atoms with Crippen LogP contribution in [0.3, 0.4) is 0 Å². The average molecular weight is 242 g/mol. The number of Topliss-reactive ketones (excluding diaryl/α,β-unsaturated/α-hetero) is 1. The van der Waals surface area contributed by atoms with Crippen molar-refractivity contribution < 1.29 is 23.1 Å². The van der Waals surface area contributed by atoms with Crippen LogP contribution in [0.5, 0.6) is 0 Å². The van der Waals surface area contributed by atoms with Crippen LogP contribution < -0.4 is 0 Å². The second kappa shape index (κ2) is 6.08. The zero-order valence-electron chi connectivity index (χ0n) is 9.33. The number of carbonyl (C=O) groups is 2. The van der Waals surface area contributed by atoms with E-state index in [1.54, 1.807) is 0 Å². The van der Waals surface area contributed by atoms with Gasteiger partial charge >= 0.3 is 5.97 Å². The summed E-state index contributed by atoms with van der Waals surface area (Å²) in [4.78, 5) is 22.3. The molecule has 0 aromatic heterocycles. The van der Waals surface area contributed by atoms with Crippen molar-refractivity contribution in [2.24, 2.45) is 0 Å². The van der Waals surface area contributed by atoms with Gasteiger partial charge < -0.3 is 4.74 Å². The first-order chi connectivity index (χ1) is 8.06. The summed E-state index contributed by atoms with van der Waals surface area (Å²) < 4.78 is 30.5. The first-order valence-corrected chi connectivity index (χ1v) is 5.10. The average Bonchev–Trinajstić information content (AvgIpc) is 2.32. The Morgan fingerprint density at radius 1 is 1.24 bits per heavy atom. The van der Waals surface area contributed by atoms with E-state index in [4.69, 9.17) is 0 Å². The Bertz CT molecular complexity index is 430. The van der Waals surface area contributed by atoms with Crippen LogP contribution in [-0.4, -0.2) is 18.9 Å². The number of ether oxygens (including phenoxy) is 1. The second-order valence-electron chi connectivity index (χ2n) is 3.45. The molecule has 0 aliphatic rings. The van der Waals surface area contributed by atoms with Crippen LogP contribution in [0.25, 0.3) is 0 Å². The lowest BCUT2D eigenvalue weighted by Gasteiger charge is -2.03. The summed E-state index contributed by atoms with van der Waals surface area (Å²) in [5, 5.41) is 0. The third-order valence-electron chi connectivity index (χ3n) is 2.26. The van der Waals surface area contributed by atoms with E-state index in [0.717, 1.165) is 6.07 Å². The number of rotatable bonds is 5. The van der Waals surface area contributed by atoms with Crippen molar-refractivity contribution in [1.82, 2.24) is 0 Å². The molecular formula is C12H12F2O3. The van der Waals surface area contributed by atoms with Gasteiger partial charge in [0, 0.05) is 12.8 Å². The van der Waals surface area contributed by atoms with Crippen molar-refractivity contribution in [3.63, 3.8) is 0 Å². The van der Waals surface area contributed by atoms with E-state index in [0.29, 0.717) is 0 Å². The molecule has 1 rings (SSSR count). The number of ketones is 1. The standard InChI is InChI=1S/C12H12F2O3/c1-17-11(16)7-3-6-10(15)8-4-2-5-9(13)12(8)14/h2,4-5H,3,6-7H2,1H3. The lowest BCUT2D eigenvalue weighted by Crippen LogP contribution is -2.06. The van der Waals surface area contributed by atoms with Crippen molar-refractivity contribution >= 4 is 11.8 Å². The van der Waals surface area contributed by atoms with Gasteiger partial charge in [0.15, 0.2) is 17.4 Å². The molecule has 0 atom stereocenters. The van der Waals surface area contributed by atoms with Gasteiger partial charge in [-0.1, -0.05) is 6.07 Å². The maximum Gasteiger partial charge on any atom is 0.305 e. The Morgan fingerprint density at radius 2 is 1.94 bits per heavy atom. The van der Waals surface area contributed by atoms with Crippen LogP contribution in [0, 0.1) is 11.6 Å². The Morgan fingerprint density at radius 3 is 2.59 bits per heavy atom. The van der Waals surface area contributed by atoms with Gasteiger partial charge in [-0.25, -0.2) is 8.78 Å². The zero-order chi connectivity index (χ0) is 12.8. The highest BCUT2D eigenvalue weighted by atomic mass is 19.2. The van der Waals surface area contributed by atoms with Gasteiger partial charge in [0.05, 0.1) is 12.7 Å². The largest absolute Gasteiger partial charge is 0.469 e. The smallest absolute Gasteiger partial charge is 0.305 e. The number of halogens is 2. The summed E-state index contributed by atoms with van der Waals surface area (Å²) >= 11 is 0. The highest BCUT2D eigenvalue weighted by Crippen LogP contribution is 2.14. The molecular weight excluding hydrogens is 230 g/mol. The fourth-order valence-corrected chi connectivity index (χ4v) is 1.35. The van der Waals surface area contributed by atoms with Crippen molar-refractivity contribution in [3.8, 4) is 0 Å². The van der Waals surface area contributed by atoms with Gasteiger partial charge in [0.2, 0.25) is 0 Å². The topological polar surface area (TPSA) is 43.4 Å². The van der Waals surface area contributed by atoms with E-state index in [1.165, 1.54) is 19.2 Å². The molecule has 0 aliphatic carbocycles. The molecule has 0 fully saturated rings. The van der Waals surface area contributed by atoms with Gasteiger partial charge in [-0.3, -0.25) is 9.59 Å². The van der Waals surface area contributed by atoms with Gasteiger partial charge in [0.25, 0.3) is 0 Å². The molecule has 0 saturated heterocycles. The highest BCUT2D eigenvalue weighted by molar-refractivity contribution is 5.96. The lowest BCUT2D eigenvalue weighted by atomic mass is 10.0. The molecule has 17 heavy (non-hydrogen) atoms.